The minimum absolute atomic E-state index is 0.415. The van der Waals surface area contributed by atoms with Crippen molar-refractivity contribution in [3.8, 4) is 0 Å². The zero-order chi connectivity index (χ0) is 15.5. The number of anilines is 1. The predicted molar refractivity (Wildman–Crippen MR) is 88.0 cm³/mol. The Morgan fingerprint density at radius 2 is 2.14 bits per heavy atom. The normalized spacial score (nSPS) is 17.1. The van der Waals surface area contributed by atoms with Gasteiger partial charge in [0, 0.05) is 22.4 Å². The lowest BCUT2D eigenvalue weighted by Crippen LogP contribution is -2.40. The van der Waals surface area contributed by atoms with Gasteiger partial charge in [-0.2, -0.15) is 0 Å². The quantitative estimate of drug-likeness (QED) is 0.871. The summed E-state index contributed by atoms with van der Waals surface area (Å²) in [5.41, 5.74) is 4.93. The van der Waals surface area contributed by atoms with Crippen LogP contribution < -0.4 is 10.4 Å². The van der Waals surface area contributed by atoms with Crippen molar-refractivity contribution in [1.29, 1.82) is 0 Å². The average Bonchev–Trinajstić information content (AvgIpc) is 2.93. The maximum atomic E-state index is 11.5. The first-order valence-corrected chi connectivity index (χ1v) is 7.49. The molecule has 0 saturated carbocycles. The van der Waals surface area contributed by atoms with E-state index in [-0.39, 0.29) is 0 Å². The molecule has 2 heterocycles. The second-order valence-corrected chi connectivity index (χ2v) is 5.74. The fourth-order valence-electron chi connectivity index (χ4n) is 2.38. The molecule has 0 amide bonds. The summed E-state index contributed by atoms with van der Waals surface area (Å²) < 4.78 is 0. The van der Waals surface area contributed by atoms with E-state index in [0.29, 0.717) is 22.3 Å². The first-order valence-electron chi connectivity index (χ1n) is 6.73. The lowest BCUT2D eigenvalue weighted by molar-refractivity contribution is -0.108. The summed E-state index contributed by atoms with van der Waals surface area (Å²) in [6.07, 6.45) is 4.96. The van der Waals surface area contributed by atoms with E-state index in [9.17, 15) is 4.79 Å². The Hall–Kier alpha value is -2.04. The average molecular weight is 334 g/mol. The van der Waals surface area contributed by atoms with Gasteiger partial charge < -0.3 is 10.2 Å². The van der Waals surface area contributed by atoms with Crippen LogP contribution in [0.4, 0.5) is 5.82 Å². The fraction of sp³-hybridized carbons (Fsp3) is 0.125. The second-order valence-electron chi connectivity index (χ2n) is 4.90. The van der Waals surface area contributed by atoms with Crippen LogP contribution in [0.1, 0.15) is 5.56 Å². The SMILES string of the molecule is O=CC1C(Cc2ccc(Cl)cc2Cl)=CNN1c1ccccn1. The van der Waals surface area contributed by atoms with E-state index in [1.54, 1.807) is 23.3 Å². The number of halogens is 2. The van der Waals surface area contributed by atoms with Gasteiger partial charge in [-0.25, -0.2) is 4.98 Å². The van der Waals surface area contributed by atoms with Crippen molar-refractivity contribution in [2.45, 2.75) is 12.5 Å². The fourth-order valence-corrected chi connectivity index (χ4v) is 2.85. The Morgan fingerprint density at radius 3 is 2.82 bits per heavy atom. The van der Waals surface area contributed by atoms with Crippen molar-refractivity contribution in [2.24, 2.45) is 0 Å². The third-order valence-corrected chi connectivity index (χ3v) is 4.07. The Bertz CT molecular complexity index is 719. The highest BCUT2D eigenvalue weighted by Crippen LogP contribution is 2.27. The van der Waals surface area contributed by atoms with Crippen molar-refractivity contribution in [2.75, 3.05) is 5.01 Å². The number of aromatic nitrogens is 1. The van der Waals surface area contributed by atoms with Crippen LogP contribution in [0.3, 0.4) is 0 Å². The number of carbonyl (C=O) groups excluding carboxylic acids is 1. The van der Waals surface area contributed by atoms with Crippen molar-refractivity contribution in [3.63, 3.8) is 0 Å². The van der Waals surface area contributed by atoms with Gasteiger partial charge in [-0.3, -0.25) is 5.01 Å². The number of nitrogens with one attached hydrogen (secondary N) is 1. The summed E-state index contributed by atoms with van der Waals surface area (Å²) in [4.78, 5) is 15.8. The molecule has 0 fully saturated rings. The van der Waals surface area contributed by atoms with E-state index in [1.165, 1.54) is 0 Å². The Balaban J connectivity index is 1.82. The molecule has 1 atom stereocenters. The zero-order valence-electron chi connectivity index (χ0n) is 11.5. The smallest absolute Gasteiger partial charge is 0.148 e. The summed E-state index contributed by atoms with van der Waals surface area (Å²) in [6.45, 7) is 0. The molecular formula is C16H13Cl2N3O. The van der Waals surface area contributed by atoms with Crippen LogP contribution >= 0.6 is 23.2 Å². The molecule has 112 valence electrons. The molecule has 3 rings (SSSR count). The summed E-state index contributed by atoms with van der Waals surface area (Å²) in [5, 5.41) is 2.91. The molecule has 1 aliphatic heterocycles. The molecule has 2 aromatic rings. The lowest BCUT2D eigenvalue weighted by atomic mass is 10.0. The molecule has 1 N–H and O–H groups in total. The minimum atomic E-state index is -0.415. The number of rotatable bonds is 4. The van der Waals surface area contributed by atoms with Gasteiger partial charge in [0.2, 0.25) is 0 Å². The Kier molecular flexibility index (Phi) is 4.32. The van der Waals surface area contributed by atoms with Crippen molar-refractivity contribution < 1.29 is 4.79 Å². The van der Waals surface area contributed by atoms with Gasteiger partial charge >= 0.3 is 0 Å². The number of aldehydes is 1. The third-order valence-electron chi connectivity index (χ3n) is 3.48. The van der Waals surface area contributed by atoms with Gasteiger partial charge in [0.15, 0.2) is 0 Å². The number of nitrogens with zero attached hydrogens (tertiary/aromatic N) is 2. The maximum Gasteiger partial charge on any atom is 0.148 e. The second kappa shape index (κ2) is 6.38. The largest absolute Gasteiger partial charge is 0.303 e. The van der Waals surface area contributed by atoms with E-state index in [0.717, 1.165) is 17.4 Å². The number of hydrogen-bond donors (Lipinski definition) is 1. The molecule has 0 radical (unpaired) electrons. The Morgan fingerprint density at radius 1 is 1.27 bits per heavy atom. The van der Waals surface area contributed by atoms with Crippen LogP contribution in [-0.2, 0) is 11.2 Å². The third kappa shape index (κ3) is 2.93. The van der Waals surface area contributed by atoms with Crippen LogP contribution in [0.2, 0.25) is 10.0 Å². The zero-order valence-corrected chi connectivity index (χ0v) is 13.1. The van der Waals surface area contributed by atoms with Gasteiger partial charge in [0.1, 0.15) is 18.1 Å². The number of carbonyl (C=O) groups is 1. The van der Waals surface area contributed by atoms with Gasteiger partial charge in [-0.05, 0) is 41.8 Å². The van der Waals surface area contributed by atoms with E-state index >= 15 is 0 Å². The molecule has 0 saturated heterocycles. The highest BCUT2D eigenvalue weighted by atomic mass is 35.5. The van der Waals surface area contributed by atoms with Crippen LogP contribution in [-0.4, -0.2) is 17.3 Å². The highest BCUT2D eigenvalue weighted by molar-refractivity contribution is 6.35. The first-order chi connectivity index (χ1) is 10.7. The Labute approximate surface area is 138 Å². The minimum Gasteiger partial charge on any atom is -0.303 e. The topological polar surface area (TPSA) is 45.2 Å². The molecular weight excluding hydrogens is 321 g/mol. The molecule has 22 heavy (non-hydrogen) atoms. The number of hydrazine groups is 1. The molecule has 1 aliphatic rings. The van der Waals surface area contributed by atoms with E-state index in [2.05, 4.69) is 10.4 Å². The molecule has 1 unspecified atom stereocenters. The van der Waals surface area contributed by atoms with E-state index < -0.39 is 6.04 Å². The van der Waals surface area contributed by atoms with Gasteiger partial charge in [0.25, 0.3) is 0 Å². The molecule has 6 heteroatoms. The first kappa shape index (κ1) is 14.9. The van der Waals surface area contributed by atoms with E-state index in [4.69, 9.17) is 23.2 Å². The number of hydrogen-bond acceptors (Lipinski definition) is 4. The lowest BCUT2D eigenvalue weighted by Gasteiger charge is -2.23. The van der Waals surface area contributed by atoms with Gasteiger partial charge in [0.05, 0.1) is 0 Å². The summed E-state index contributed by atoms with van der Waals surface area (Å²) >= 11 is 12.1. The maximum absolute atomic E-state index is 11.5. The number of pyridine rings is 1. The summed E-state index contributed by atoms with van der Waals surface area (Å²) in [5.74, 6) is 0.688. The monoisotopic (exact) mass is 333 g/mol. The van der Waals surface area contributed by atoms with Crippen LogP contribution in [0.15, 0.2) is 54.4 Å². The predicted octanol–water partition coefficient (Wildman–Crippen LogP) is 3.41. The number of benzene rings is 1. The van der Waals surface area contributed by atoms with Crippen molar-refractivity contribution in [3.05, 3.63) is 70.0 Å². The van der Waals surface area contributed by atoms with Gasteiger partial charge in [-0.15, -0.1) is 0 Å². The van der Waals surface area contributed by atoms with Crippen molar-refractivity contribution >= 4 is 35.3 Å². The van der Waals surface area contributed by atoms with Gasteiger partial charge in [-0.1, -0.05) is 35.3 Å². The summed E-state index contributed by atoms with van der Waals surface area (Å²) in [6, 6.07) is 10.5. The molecule has 1 aromatic heterocycles. The van der Waals surface area contributed by atoms with Crippen LogP contribution in [0.25, 0.3) is 0 Å². The standard InChI is InChI=1S/C16H13Cl2N3O/c17-13-5-4-11(14(18)8-13)7-12-9-20-21(15(12)10-22)16-3-1-2-6-19-16/h1-6,8-10,15,20H,7H2. The molecule has 0 bridgehead atoms. The molecule has 4 nitrogen and oxygen atoms in total. The van der Waals surface area contributed by atoms with E-state index in [1.807, 2.05) is 30.5 Å². The van der Waals surface area contributed by atoms with Crippen molar-refractivity contribution in [1.82, 2.24) is 10.4 Å². The highest BCUT2D eigenvalue weighted by Gasteiger charge is 2.28. The molecule has 1 aromatic carbocycles. The molecule has 0 spiro atoms. The summed E-state index contributed by atoms with van der Waals surface area (Å²) in [7, 11) is 0. The van der Waals surface area contributed by atoms with Crippen LogP contribution in [0.5, 0.6) is 0 Å². The van der Waals surface area contributed by atoms with Crippen LogP contribution in [0, 0.1) is 0 Å². The molecule has 0 aliphatic carbocycles.